The lowest BCUT2D eigenvalue weighted by molar-refractivity contribution is -0.142. The average molecular weight is 231 g/mol. The minimum atomic E-state index is -1.15. The van der Waals surface area contributed by atoms with Crippen molar-refractivity contribution in [3.8, 4) is 0 Å². The first-order chi connectivity index (χ1) is 7.51. The van der Waals surface area contributed by atoms with Gasteiger partial charge in [0.2, 0.25) is 5.91 Å². The summed E-state index contributed by atoms with van der Waals surface area (Å²) < 4.78 is 4.56. The van der Waals surface area contributed by atoms with Gasteiger partial charge in [-0.1, -0.05) is 6.92 Å². The Bertz CT molecular complexity index is 264. The van der Waals surface area contributed by atoms with Gasteiger partial charge in [0.05, 0.1) is 0 Å². The monoisotopic (exact) mass is 231 g/mol. The minimum Gasteiger partial charge on any atom is -0.480 e. The van der Waals surface area contributed by atoms with Gasteiger partial charge < -0.3 is 15.2 Å². The maximum atomic E-state index is 11.1. The predicted octanol–water partition coefficient (Wildman–Crippen LogP) is -0.0385. The van der Waals surface area contributed by atoms with Gasteiger partial charge in [0.15, 0.2) is 0 Å². The molecule has 0 aliphatic carbocycles. The van der Waals surface area contributed by atoms with Gasteiger partial charge in [-0.2, -0.15) is 0 Å². The fraction of sp³-hybridized carbons (Fsp3) is 0.700. The Morgan fingerprint density at radius 1 is 1.38 bits per heavy atom. The summed E-state index contributed by atoms with van der Waals surface area (Å²) in [5.74, 6) is -1.67. The first kappa shape index (κ1) is 14.6. The molecule has 0 heterocycles. The van der Waals surface area contributed by atoms with Gasteiger partial charge in [-0.15, -0.1) is 0 Å². The highest BCUT2D eigenvalue weighted by Gasteiger charge is 2.20. The lowest BCUT2D eigenvalue weighted by Gasteiger charge is -2.13. The van der Waals surface area contributed by atoms with E-state index in [0.29, 0.717) is 6.42 Å². The zero-order valence-electron chi connectivity index (χ0n) is 9.49. The van der Waals surface area contributed by atoms with Crippen LogP contribution in [-0.4, -0.2) is 42.5 Å². The van der Waals surface area contributed by atoms with Crippen LogP contribution in [0.3, 0.4) is 0 Å². The maximum Gasteiger partial charge on any atom is 0.326 e. The van der Waals surface area contributed by atoms with Crippen molar-refractivity contribution in [2.75, 3.05) is 13.7 Å². The molecule has 0 spiro atoms. The molecule has 1 atom stereocenters. The largest absolute Gasteiger partial charge is 0.480 e. The Hall–Kier alpha value is -1.43. The number of hydrogen-bond acceptors (Lipinski definition) is 4. The lowest BCUT2D eigenvalue weighted by atomic mass is 10.1. The van der Waals surface area contributed by atoms with Crippen molar-refractivity contribution >= 4 is 17.7 Å². The number of carbonyl (C=O) groups excluding carboxylic acids is 2. The van der Waals surface area contributed by atoms with Gasteiger partial charge in [-0.05, 0) is 6.42 Å². The smallest absolute Gasteiger partial charge is 0.326 e. The van der Waals surface area contributed by atoms with Crippen LogP contribution < -0.4 is 5.32 Å². The number of carbonyl (C=O) groups is 3. The normalized spacial score (nSPS) is 11.9. The van der Waals surface area contributed by atoms with Crippen LogP contribution in [0, 0.1) is 0 Å². The Morgan fingerprint density at radius 2 is 2.00 bits per heavy atom. The summed E-state index contributed by atoms with van der Waals surface area (Å²) in [6.45, 7) is 1.52. The third-order valence-corrected chi connectivity index (χ3v) is 2.01. The maximum absolute atomic E-state index is 11.1. The molecule has 1 amide bonds. The second-order valence-corrected chi connectivity index (χ2v) is 3.32. The molecule has 0 aromatic heterocycles. The molecular weight excluding hydrogens is 214 g/mol. The van der Waals surface area contributed by atoms with Gasteiger partial charge in [-0.25, -0.2) is 4.79 Å². The van der Waals surface area contributed by atoms with Crippen molar-refractivity contribution in [3.05, 3.63) is 0 Å². The van der Waals surface area contributed by atoms with E-state index in [1.54, 1.807) is 6.92 Å². The fourth-order valence-electron chi connectivity index (χ4n) is 1.11. The second-order valence-electron chi connectivity index (χ2n) is 3.32. The van der Waals surface area contributed by atoms with Crippen molar-refractivity contribution in [2.24, 2.45) is 0 Å². The zero-order valence-corrected chi connectivity index (χ0v) is 9.49. The first-order valence-electron chi connectivity index (χ1n) is 5.04. The van der Waals surface area contributed by atoms with Gasteiger partial charge >= 0.3 is 5.97 Å². The first-order valence-corrected chi connectivity index (χ1v) is 5.04. The SMILES string of the molecule is CCC(=O)CC[C@@H](NC(=O)COC)C(=O)O. The lowest BCUT2D eigenvalue weighted by Crippen LogP contribution is -2.42. The Kier molecular flexibility index (Phi) is 7.11. The van der Waals surface area contributed by atoms with Gasteiger partial charge in [0, 0.05) is 20.0 Å². The molecule has 6 nitrogen and oxygen atoms in total. The van der Waals surface area contributed by atoms with E-state index in [4.69, 9.17) is 5.11 Å². The summed E-state index contributed by atoms with van der Waals surface area (Å²) >= 11 is 0. The number of aliphatic carboxylic acids is 1. The van der Waals surface area contributed by atoms with Gasteiger partial charge in [0.25, 0.3) is 0 Å². The number of nitrogens with one attached hydrogen (secondary N) is 1. The van der Waals surface area contributed by atoms with Crippen LogP contribution >= 0.6 is 0 Å². The van der Waals surface area contributed by atoms with E-state index >= 15 is 0 Å². The number of carboxylic acid groups (broad SMARTS) is 1. The van der Waals surface area contributed by atoms with Crippen LogP contribution in [0.25, 0.3) is 0 Å². The van der Waals surface area contributed by atoms with E-state index < -0.39 is 17.9 Å². The number of ether oxygens (including phenoxy) is 1. The number of ketones is 1. The van der Waals surface area contributed by atoms with E-state index in [2.05, 4.69) is 10.1 Å². The molecule has 0 bridgehead atoms. The molecule has 0 saturated heterocycles. The third kappa shape index (κ3) is 6.13. The quantitative estimate of drug-likeness (QED) is 0.611. The van der Waals surface area contributed by atoms with E-state index in [9.17, 15) is 14.4 Å². The highest BCUT2D eigenvalue weighted by Crippen LogP contribution is 2.01. The number of hydrogen-bond donors (Lipinski definition) is 2. The molecular formula is C10H17NO5. The molecule has 0 fully saturated rings. The van der Waals surface area contributed by atoms with E-state index in [1.165, 1.54) is 7.11 Å². The Labute approximate surface area is 94.0 Å². The summed E-state index contributed by atoms with van der Waals surface area (Å²) in [5, 5.41) is 11.1. The summed E-state index contributed by atoms with van der Waals surface area (Å²) in [6.07, 6.45) is 0.635. The fourth-order valence-corrected chi connectivity index (χ4v) is 1.11. The van der Waals surface area contributed by atoms with E-state index in [-0.39, 0.29) is 25.2 Å². The summed E-state index contributed by atoms with van der Waals surface area (Å²) in [4.78, 5) is 32.9. The van der Waals surface area contributed by atoms with Crippen LogP contribution in [0.1, 0.15) is 26.2 Å². The van der Waals surface area contributed by atoms with Gasteiger partial charge in [-0.3, -0.25) is 9.59 Å². The number of amides is 1. The molecule has 16 heavy (non-hydrogen) atoms. The highest BCUT2D eigenvalue weighted by atomic mass is 16.5. The molecule has 0 rings (SSSR count). The molecule has 0 aromatic carbocycles. The molecule has 6 heteroatoms. The van der Waals surface area contributed by atoms with Crippen LogP contribution in [0.5, 0.6) is 0 Å². The van der Waals surface area contributed by atoms with Crippen molar-refractivity contribution in [2.45, 2.75) is 32.2 Å². The van der Waals surface area contributed by atoms with Crippen molar-refractivity contribution < 1.29 is 24.2 Å². The van der Waals surface area contributed by atoms with E-state index in [0.717, 1.165) is 0 Å². The molecule has 0 aliphatic rings. The summed E-state index contributed by atoms with van der Waals surface area (Å²) in [6, 6.07) is -1.03. The molecule has 0 radical (unpaired) electrons. The molecule has 0 aliphatic heterocycles. The molecule has 0 aromatic rings. The zero-order chi connectivity index (χ0) is 12.6. The third-order valence-electron chi connectivity index (χ3n) is 2.01. The van der Waals surface area contributed by atoms with Crippen LogP contribution in [0.15, 0.2) is 0 Å². The number of rotatable bonds is 8. The van der Waals surface area contributed by atoms with Crippen LogP contribution in [0.2, 0.25) is 0 Å². The average Bonchev–Trinajstić information content (AvgIpc) is 2.23. The van der Waals surface area contributed by atoms with Gasteiger partial charge in [0.1, 0.15) is 18.4 Å². The molecule has 2 N–H and O–H groups in total. The van der Waals surface area contributed by atoms with Crippen molar-refractivity contribution in [1.29, 1.82) is 0 Å². The van der Waals surface area contributed by atoms with Crippen molar-refractivity contribution in [3.63, 3.8) is 0 Å². The molecule has 92 valence electrons. The Balaban J connectivity index is 4.12. The number of methoxy groups -OCH3 is 1. The standard InChI is InChI=1S/C10H17NO5/c1-3-7(12)4-5-8(10(14)15)11-9(13)6-16-2/h8H,3-6H2,1-2H3,(H,11,13)(H,14,15)/t8-/m1/s1. The topological polar surface area (TPSA) is 92.7 Å². The summed E-state index contributed by atoms with van der Waals surface area (Å²) in [5.41, 5.74) is 0. The molecule has 0 saturated carbocycles. The van der Waals surface area contributed by atoms with E-state index in [1.807, 2.05) is 0 Å². The summed E-state index contributed by atoms with van der Waals surface area (Å²) in [7, 11) is 1.34. The molecule has 0 unspecified atom stereocenters. The minimum absolute atomic E-state index is 0.0211. The van der Waals surface area contributed by atoms with Crippen LogP contribution in [-0.2, 0) is 19.1 Å². The van der Waals surface area contributed by atoms with Crippen molar-refractivity contribution in [1.82, 2.24) is 5.32 Å². The predicted molar refractivity (Wildman–Crippen MR) is 56.0 cm³/mol. The van der Waals surface area contributed by atoms with Crippen LogP contribution in [0.4, 0.5) is 0 Å². The number of Topliss-reactive ketones (excluding diaryl/α,β-unsaturated/α-hetero) is 1. The number of carboxylic acids is 1. The highest BCUT2D eigenvalue weighted by molar-refractivity contribution is 5.85. The Morgan fingerprint density at radius 3 is 2.44 bits per heavy atom. The second kappa shape index (κ2) is 7.81.